The molecule has 0 atom stereocenters. The Bertz CT molecular complexity index is 831. The van der Waals surface area contributed by atoms with Gasteiger partial charge in [0.2, 0.25) is 0 Å². The SMILES string of the molecule is CCOc1ccc(/C=C/C(=O)N(c2ccccn2)c2nccs2)cc1. The fraction of sp³-hybridized carbons (Fsp3) is 0.105. The van der Waals surface area contributed by atoms with Crippen molar-refractivity contribution in [3.63, 3.8) is 0 Å². The predicted octanol–water partition coefficient (Wildman–Crippen LogP) is 4.31. The molecular weight excluding hydrogens is 334 g/mol. The monoisotopic (exact) mass is 351 g/mol. The van der Waals surface area contributed by atoms with E-state index in [4.69, 9.17) is 4.74 Å². The van der Waals surface area contributed by atoms with Gasteiger partial charge < -0.3 is 4.74 Å². The number of nitrogens with zero attached hydrogens (tertiary/aromatic N) is 3. The number of thiazole rings is 1. The summed E-state index contributed by atoms with van der Waals surface area (Å²) >= 11 is 1.39. The molecule has 0 N–H and O–H groups in total. The van der Waals surface area contributed by atoms with Crippen LogP contribution in [0.4, 0.5) is 10.9 Å². The molecule has 0 aliphatic carbocycles. The maximum Gasteiger partial charge on any atom is 0.258 e. The van der Waals surface area contributed by atoms with E-state index >= 15 is 0 Å². The summed E-state index contributed by atoms with van der Waals surface area (Å²) < 4.78 is 5.42. The quantitative estimate of drug-likeness (QED) is 0.621. The van der Waals surface area contributed by atoms with Crippen molar-refractivity contribution in [3.05, 3.63) is 71.9 Å². The molecule has 0 aliphatic rings. The average molecular weight is 351 g/mol. The van der Waals surface area contributed by atoms with Gasteiger partial charge in [-0.05, 0) is 42.8 Å². The van der Waals surface area contributed by atoms with Crippen LogP contribution in [0.25, 0.3) is 6.08 Å². The van der Waals surface area contributed by atoms with E-state index in [1.165, 1.54) is 22.3 Å². The first-order valence-corrected chi connectivity index (χ1v) is 8.71. The zero-order valence-corrected chi connectivity index (χ0v) is 14.5. The molecule has 126 valence electrons. The number of hydrogen-bond acceptors (Lipinski definition) is 5. The predicted molar refractivity (Wildman–Crippen MR) is 100 cm³/mol. The Hall–Kier alpha value is -2.99. The molecule has 0 unspecified atom stereocenters. The van der Waals surface area contributed by atoms with Gasteiger partial charge in [0.05, 0.1) is 6.61 Å². The molecule has 2 aromatic heterocycles. The summed E-state index contributed by atoms with van der Waals surface area (Å²) in [4.78, 5) is 22.7. The minimum Gasteiger partial charge on any atom is -0.494 e. The van der Waals surface area contributed by atoms with Crippen molar-refractivity contribution < 1.29 is 9.53 Å². The summed E-state index contributed by atoms with van der Waals surface area (Å²) in [5.74, 6) is 1.14. The Morgan fingerprint density at radius 3 is 2.64 bits per heavy atom. The van der Waals surface area contributed by atoms with Crippen LogP contribution < -0.4 is 9.64 Å². The zero-order valence-electron chi connectivity index (χ0n) is 13.7. The number of rotatable bonds is 6. The van der Waals surface area contributed by atoms with Crippen LogP contribution in [0.5, 0.6) is 5.75 Å². The fourth-order valence-corrected chi connectivity index (χ4v) is 2.86. The van der Waals surface area contributed by atoms with E-state index < -0.39 is 0 Å². The fourth-order valence-electron chi connectivity index (χ4n) is 2.20. The van der Waals surface area contributed by atoms with Gasteiger partial charge in [-0.1, -0.05) is 18.2 Å². The molecule has 3 aromatic rings. The molecular formula is C19H17N3O2S. The molecule has 6 heteroatoms. The lowest BCUT2D eigenvalue weighted by molar-refractivity contribution is -0.113. The molecule has 0 saturated carbocycles. The van der Waals surface area contributed by atoms with Gasteiger partial charge in [0.15, 0.2) is 5.13 Å². The van der Waals surface area contributed by atoms with Gasteiger partial charge in [0.1, 0.15) is 11.6 Å². The number of aromatic nitrogens is 2. The number of ether oxygens (including phenoxy) is 1. The molecule has 5 nitrogen and oxygen atoms in total. The number of benzene rings is 1. The van der Waals surface area contributed by atoms with Crippen molar-refractivity contribution >= 4 is 34.3 Å². The van der Waals surface area contributed by atoms with Crippen LogP contribution in [0.1, 0.15) is 12.5 Å². The van der Waals surface area contributed by atoms with E-state index in [-0.39, 0.29) is 5.91 Å². The van der Waals surface area contributed by atoms with Gasteiger partial charge in [0.25, 0.3) is 5.91 Å². The summed E-state index contributed by atoms with van der Waals surface area (Å²) in [6.07, 6.45) is 6.60. The van der Waals surface area contributed by atoms with Gasteiger partial charge >= 0.3 is 0 Å². The Balaban J connectivity index is 1.81. The molecule has 3 rings (SSSR count). The summed E-state index contributed by atoms with van der Waals surface area (Å²) in [7, 11) is 0. The highest BCUT2D eigenvalue weighted by Gasteiger charge is 2.18. The second-order valence-corrected chi connectivity index (χ2v) is 5.88. The van der Waals surface area contributed by atoms with Crippen molar-refractivity contribution in [1.82, 2.24) is 9.97 Å². The minimum absolute atomic E-state index is 0.206. The lowest BCUT2D eigenvalue weighted by atomic mass is 10.2. The van der Waals surface area contributed by atoms with Gasteiger partial charge in [-0.2, -0.15) is 0 Å². The molecule has 0 radical (unpaired) electrons. The highest BCUT2D eigenvalue weighted by atomic mass is 32.1. The van der Waals surface area contributed by atoms with Gasteiger partial charge in [-0.3, -0.25) is 4.79 Å². The lowest BCUT2D eigenvalue weighted by Crippen LogP contribution is -2.24. The highest BCUT2D eigenvalue weighted by molar-refractivity contribution is 7.13. The van der Waals surface area contributed by atoms with E-state index in [0.717, 1.165) is 11.3 Å². The summed E-state index contributed by atoms with van der Waals surface area (Å²) in [5, 5.41) is 2.41. The van der Waals surface area contributed by atoms with Crippen molar-refractivity contribution in [2.24, 2.45) is 0 Å². The number of pyridine rings is 1. The third kappa shape index (κ3) is 4.30. The summed E-state index contributed by atoms with van der Waals surface area (Å²) in [6.45, 7) is 2.57. The smallest absolute Gasteiger partial charge is 0.258 e. The third-order valence-corrected chi connectivity index (χ3v) is 4.08. The van der Waals surface area contributed by atoms with Crippen molar-refractivity contribution in [1.29, 1.82) is 0 Å². The number of carbonyl (C=O) groups excluding carboxylic acids is 1. The van der Waals surface area contributed by atoms with Crippen LogP contribution in [-0.2, 0) is 4.79 Å². The number of amides is 1. The van der Waals surface area contributed by atoms with Crippen molar-refractivity contribution in [2.45, 2.75) is 6.92 Å². The normalized spacial score (nSPS) is 10.8. The number of carbonyl (C=O) groups is 1. The van der Waals surface area contributed by atoms with Crippen LogP contribution >= 0.6 is 11.3 Å². The molecule has 1 amide bonds. The first-order valence-electron chi connectivity index (χ1n) is 7.83. The van der Waals surface area contributed by atoms with Crippen molar-refractivity contribution in [3.8, 4) is 5.75 Å². The summed E-state index contributed by atoms with van der Waals surface area (Å²) in [5.41, 5.74) is 0.914. The molecule has 0 bridgehead atoms. The average Bonchev–Trinajstić information content (AvgIpc) is 3.17. The van der Waals surface area contributed by atoms with Crippen LogP contribution in [0, 0.1) is 0 Å². The van der Waals surface area contributed by atoms with E-state index in [1.54, 1.807) is 24.5 Å². The molecule has 2 heterocycles. The number of hydrogen-bond donors (Lipinski definition) is 0. The van der Waals surface area contributed by atoms with Crippen LogP contribution in [-0.4, -0.2) is 22.5 Å². The second-order valence-electron chi connectivity index (χ2n) is 5.01. The van der Waals surface area contributed by atoms with Gasteiger partial charge in [-0.25, -0.2) is 14.9 Å². The van der Waals surface area contributed by atoms with Crippen molar-refractivity contribution in [2.75, 3.05) is 11.5 Å². The Kier molecular flexibility index (Phi) is 5.53. The number of anilines is 2. The largest absolute Gasteiger partial charge is 0.494 e. The van der Waals surface area contributed by atoms with Crippen LogP contribution in [0.3, 0.4) is 0 Å². The van der Waals surface area contributed by atoms with E-state index in [9.17, 15) is 4.79 Å². The maximum absolute atomic E-state index is 12.7. The maximum atomic E-state index is 12.7. The Morgan fingerprint density at radius 2 is 2.00 bits per heavy atom. The van der Waals surface area contributed by atoms with Gasteiger partial charge in [0, 0.05) is 23.8 Å². The van der Waals surface area contributed by atoms with E-state index in [1.807, 2.05) is 48.7 Å². The zero-order chi connectivity index (χ0) is 17.5. The minimum atomic E-state index is -0.206. The molecule has 25 heavy (non-hydrogen) atoms. The van der Waals surface area contributed by atoms with Crippen LogP contribution in [0.15, 0.2) is 66.3 Å². The Labute approximate surface area is 150 Å². The molecule has 0 spiro atoms. The Morgan fingerprint density at radius 1 is 1.16 bits per heavy atom. The highest BCUT2D eigenvalue weighted by Crippen LogP contribution is 2.26. The third-order valence-electron chi connectivity index (χ3n) is 3.32. The van der Waals surface area contributed by atoms with E-state index in [2.05, 4.69) is 9.97 Å². The molecule has 1 aromatic carbocycles. The molecule has 0 aliphatic heterocycles. The standard InChI is InChI=1S/C19H17N3O2S/c1-2-24-16-9-6-15(7-10-16)8-11-18(23)22(19-21-13-14-25-19)17-5-3-4-12-20-17/h3-14H,2H2,1H3/b11-8+. The second kappa shape index (κ2) is 8.21. The molecule has 0 saturated heterocycles. The van der Waals surface area contributed by atoms with E-state index in [0.29, 0.717) is 17.6 Å². The van der Waals surface area contributed by atoms with Crippen LogP contribution in [0.2, 0.25) is 0 Å². The summed E-state index contributed by atoms with van der Waals surface area (Å²) in [6, 6.07) is 13.0. The first kappa shape index (κ1) is 16.9. The lowest BCUT2D eigenvalue weighted by Gasteiger charge is -2.16. The first-order chi connectivity index (χ1) is 12.3. The molecule has 0 fully saturated rings. The topological polar surface area (TPSA) is 55.3 Å². The van der Waals surface area contributed by atoms with Gasteiger partial charge in [-0.15, -0.1) is 11.3 Å².